The van der Waals surface area contributed by atoms with E-state index in [1.165, 1.54) is 11.0 Å². The van der Waals surface area contributed by atoms with Gasteiger partial charge in [0.05, 0.1) is 30.7 Å². The number of carbonyl (C=O) groups excluding carboxylic acids is 1. The first kappa shape index (κ1) is 19.3. The SMILES string of the molecule is CC1(c2ccc(-c3ccc(N4C[C@H](CN)OC4=O)cc3F)cn2)Cn2cc(N)nc2O1. The third-order valence-electron chi connectivity index (χ3n) is 5.56. The van der Waals surface area contributed by atoms with E-state index in [0.717, 1.165) is 0 Å². The molecule has 4 heterocycles. The third kappa shape index (κ3) is 3.25. The molecule has 0 aliphatic carbocycles. The summed E-state index contributed by atoms with van der Waals surface area (Å²) >= 11 is 0. The van der Waals surface area contributed by atoms with Gasteiger partial charge in [-0.05, 0) is 31.2 Å². The Bertz CT molecular complexity index is 1140. The van der Waals surface area contributed by atoms with Crippen molar-refractivity contribution in [3.8, 4) is 17.1 Å². The molecule has 10 heteroatoms. The molecule has 3 aromatic rings. The number of ether oxygens (including phenoxy) is 2. The molecule has 1 fully saturated rings. The van der Waals surface area contributed by atoms with Crippen LogP contribution in [0.4, 0.5) is 20.7 Å². The lowest BCUT2D eigenvalue weighted by molar-refractivity contribution is 0.103. The molecule has 1 unspecified atom stereocenters. The maximum atomic E-state index is 14.9. The van der Waals surface area contributed by atoms with Crippen molar-refractivity contribution >= 4 is 17.6 Å². The van der Waals surface area contributed by atoms with E-state index in [4.69, 9.17) is 20.9 Å². The van der Waals surface area contributed by atoms with Crippen molar-refractivity contribution in [3.63, 3.8) is 0 Å². The van der Waals surface area contributed by atoms with Gasteiger partial charge >= 0.3 is 6.09 Å². The molecule has 5 rings (SSSR count). The number of aromatic nitrogens is 3. The standard InChI is InChI=1S/C21H21FN6O3/c1-21(11-27-10-18(24)26-19(27)31-21)17-5-2-12(8-25-17)15-4-3-13(6-16(15)22)28-9-14(7-23)30-20(28)29/h2-6,8,10,14H,7,9,11,23-24H2,1H3/t14-,21?/m0/s1. The number of pyridine rings is 1. The predicted molar refractivity (Wildman–Crippen MR) is 111 cm³/mol. The van der Waals surface area contributed by atoms with Gasteiger partial charge < -0.3 is 20.9 Å². The lowest BCUT2D eigenvalue weighted by atomic mass is 9.99. The highest BCUT2D eigenvalue weighted by molar-refractivity contribution is 5.90. The summed E-state index contributed by atoms with van der Waals surface area (Å²) in [5.74, 6) is -0.0602. The summed E-state index contributed by atoms with van der Waals surface area (Å²) in [4.78, 5) is 22.0. The number of carbonyl (C=O) groups is 1. The van der Waals surface area contributed by atoms with Crippen LogP contribution in [-0.2, 0) is 16.9 Å². The second kappa shape index (κ2) is 6.95. The second-order valence-electron chi connectivity index (χ2n) is 7.86. The average Bonchev–Trinajstić information content (AvgIpc) is 3.38. The fraction of sp³-hybridized carbons (Fsp3) is 0.286. The molecule has 4 N–H and O–H groups in total. The van der Waals surface area contributed by atoms with E-state index in [0.29, 0.717) is 47.4 Å². The van der Waals surface area contributed by atoms with Crippen LogP contribution in [0.25, 0.3) is 11.1 Å². The fourth-order valence-corrected chi connectivity index (χ4v) is 3.93. The van der Waals surface area contributed by atoms with E-state index in [-0.39, 0.29) is 12.6 Å². The third-order valence-corrected chi connectivity index (χ3v) is 5.56. The maximum Gasteiger partial charge on any atom is 0.414 e. The number of imidazole rings is 1. The Morgan fingerprint density at radius 1 is 1.32 bits per heavy atom. The lowest BCUT2D eigenvalue weighted by Gasteiger charge is -2.22. The molecular formula is C21H21FN6O3. The number of nitrogens with two attached hydrogens (primary N) is 2. The van der Waals surface area contributed by atoms with Crippen molar-refractivity contribution in [2.24, 2.45) is 5.73 Å². The van der Waals surface area contributed by atoms with E-state index in [1.807, 2.05) is 17.6 Å². The Morgan fingerprint density at radius 2 is 2.16 bits per heavy atom. The monoisotopic (exact) mass is 424 g/mol. The molecule has 0 radical (unpaired) electrons. The van der Waals surface area contributed by atoms with Crippen molar-refractivity contribution < 1.29 is 18.7 Å². The number of hydrogen-bond acceptors (Lipinski definition) is 7. The van der Waals surface area contributed by atoms with Crippen molar-refractivity contribution in [3.05, 3.63) is 54.2 Å². The summed E-state index contributed by atoms with van der Waals surface area (Å²) < 4.78 is 27.8. The topological polar surface area (TPSA) is 122 Å². The van der Waals surface area contributed by atoms with Crippen molar-refractivity contribution in [1.29, 1.82) is 0 Å². The molecule has 2 aromatic heterocycles. The van der Waals surface area contributed by atoms with Gasteiger partial charge in [-0.25, -0.2) is 9.18 Å². The molecule has 0 saturated carbocycles. The summed E-state index contributed by atoms with van der Waals surface area (Å²) in [5, 5.41) is 0. The molecule has 2 atom stereocenters. The van der Waals surface area contributed by atoms with E-state index in [1.54, 1.807) is 30.6 Å². The summed E-state index contributed by atoms with van der Waals surface area (Å²) in [6.07, 6.45) is 2.41. The molecule has 1 saturated heterocycles. The molecule has 1 amide bonds. The van der Waals surface area contributed by atoms with Gasteiger partial charge in [0.15, 0.2) is 5.60 Å². The minimum absolute atomic E-state index is 0.220. The highest BCUT2D eigenvalue weighted by Crippen LogP contribution is 2.37. The molecule has 9 nitrogen and oxygen atoms in total. The zero-order valence-corrected chi connectivity index (χ0v) is 16.8. The Morgan fingerprint density at radius 3 is 2.81 bits per heavy atom. The predicted octanol–water partition coefficient (Wildman–Crippen LogP) is 2.26. The minimum atomic E-state index is -0.688. The van der Waals surface area contributed by atoms with E-state index < -0.39 is 17.5 Å². The van der Waals surface area contributed by atoms with Crippen LogP contribution in [0, 0.1) is 5.82 Å². The highest BCUT2D eigenvalue weighted by atomic mass is 19.1. The van der Waals surface area contributed by atoms with Crippen LogP contribution in [0.5, 0.6) is 6.01 Å². The van der Waals surface area contributed by atoms with E-state index in [9.17, 15) is 9.18 Å². The van der Waals surface area contributed by atoms with Crippen molar-refractivity contribution in [2.45, 2.75) is 25.2 Å². The summed E-state index contributed by atoms with van der Waals surface area (Å²) in [6.45, 7) is 2.96. The molecule has 0 spiro atoms. The van der Waals surface area contributed by atoms with E-state index >= 15 is 0 Å². The molecular weight excluding hydrogens is 403 g/mol. The maximum absolute atomic E-state index is 14.9. The number of amides is 1. The van der Waals surface area contributed by atoms with Crippen LogP contribution in [0.2, 0.25) is 0 Å². The number of halogens is 1. The van der Waals surface area contributed by atoms with Gasteiger partial charge in [0, 0.05) is 23.9 Å². The van der Waals surface area contributed by atoms with Gasteiger partial charge in [0.1, 0.15) is 17.7 Å². The number of hydrogen-bond donors (Lipinski definition) is 2. The summed E-state index contributed by atoms with van der Waals surface area (Å²) in [6, 6.07) is 8.66. The van der Waals surface area contributed by atoms with Crippen LogP contribution in [0.3, 0.4) is 0 Å². The molecule has 2 aliphatic rings. The molecule has 160 valence electrons. The van der Waals surface area contributed by atoms with Gasteiger partial charge in [-0.3, -0.25) is 14.5 Å². The summed E-state index contributed by atoms with van der Waals surface area (Å²) in [7, 11) is 0. The first-order valence-corrected chi connectivity index (χ1v) is 9.82. The van der Waals surface area contributed by atoms with Gasteiger partial charge in [-0.1, -0.05) is 6.07 Å². The van der Waals surface area contributed by atoms with Crippen molar-refractivity contribution in [2.75, 3.05) is 23.7 Å². The molecule has 2 aliphatic heterocycles. The fourth-order valence-electron chi connectivity index (χ4n) is 3.93. The Balaban J connectivity index is 1.37. The highest BCUT2D eigenvalue weighted by Gasteiger charge is 2.39. The van der Waals surface area contributed by atoms with Gasteiger partial charge in [-0.15, -0.1) is 0 Å². The van der Waals surface area contributed by atoms with Crippen LogP contribution in [0.1, 0.15) is 12.6 Å². The number of cyclic esters (lactones) is 1. The number of nitrogens with zero attached hydrogens (tertiary/aromatic N) is 4. The largest absolute Gasteiger partial charge is 0.450 e. The minimum Gasteiger partial charge on any atom is -0.450 e. The van der Waals surface area contributed by atoms with Crippen LogP contribution < -0.4 is 21.1 Å². The number of nitrogen functional groups attached to an aromatic ring is 1. The first-order chi connectivity index (χ1) is 14.9. The number of benzene rings is 1. The Labute approximate surface area is 177 Å². The first-order valence-electron chi connectivity index (χ1n) is 9.82. The quantitative estimate of drug-likeness (QED) is 0.659. The Kier molecular flexibility index (Phi) is 4.33. The summed E-state index contributed by atoms with van der Waals surface area (Å²) in [5.41, 5.74) is 12.7. The van der Waals surface area contributed by atoms with Crippen LogP contribution in [0.15, 0.2) is 42.7 Å². The average molecular weight is 424 g/mol. The molecule has 1 aromatic carbocycles. The van der Waals surface area contributed by atoms with Crippen LogP contribution >= 0.6 is 0 Å². The molecule has 0 bridgehead atoms. The van der Waals surface area contributed by atoms with Gasteiger partial charge in [0.25, 0.3) is 6.01 Å². The lowest BCUT2D eigenvalue weighted by Crippen LogP contribution is -2.29. The second-order valence-corrected chi connectivity index (χ2v) is 7.86. The zero-order chi connectivity index (χ0) is 21.8. The Hall–Kier alpha value is -3.66. The number of anilines is 2. The van der Waals surface area contributed by atoms with Crippen molar-refractivity contribution in [1.82, 2.24) is 14.5 Å². The van der Waals surface area contributed by atoms with Gasteiger partial charge in [-0.2, -0.15) is 4.98 Å². The number of fused-ring (bicyclic) bond motifs is 1. The molecule has 31 heavy (non-hydrogen) atoms. The smallest absolute Gasteiger partial charge is 0.414 e. The van der Waals surface area contributed by atoms with Gasteiger partial charge in [0.2, 0.25) is 0 Å². The van der Waals surface area contributed by atoms with E-state index in [2.05, 4.69) is 9.97 Å². The normalized spacial score (nSPS) is 22.4. The number of rotatable bonds is 4. The van der Waals surface area contributed by atoms with Crippen LogP contribution in [-0.4, -0.2) is 39.8 Å². The zero-order valence-electron chi connectivity index (χ0n) is 16.8.